The Morgan fingerprint density at radius 1 is 1.10 bits per heavy atom. The van der Waals surface area contributed by atoms with Gasteiger partial charge in [-0.05, 0) is 47.3 Å². The van der Waals surface area contributed by atoms with Gasteiger partial charge in [-0.3, -0.25) is 14.2 Å². The lowest BCUT2D eigenvalue weighted by Crippen LogP contribution is -2.05. The van der Waals surface area contributed by atoms with Gasteiger partial charge < -0.3 is 5.32 Å². The molecule has 30 heavy (non-hydrogen) atoms. The second-order valence-electron chi connectivity index (χ2n) is 6.76. The fourth-order valence-electron chi connectivity index (χ4n) is 3.35. The molecule has 1 N–H and O–H groups in total. The molecule has 6 nitrogen and oxygen atoms in total. The van der Waals surface area contributed by atoms with Crippen molar-refractivity contribution < 1.29 is 9.59 Å². The number of amides is 1. The Bertz CT molecular complexity index is 1230. The van der Waals surface area contributed by atoms with Crippen LogP contribution in [0.2, 0.25) is 0 Å². The lowest BCUT2D eigenvalue weighted by Gasteiger charge is -2.09. The normalized spacial score (nSPS) is 12.6. The highest BCUT2D eigenvalue weighted by Gasteiger charge is 2.21. The van der Waals surface area contributed by atoms with Gasteiger partial charge in [0.05, 0.1) is 17.1 Å². The number of nitrogens with one attached hydrogen (secondary N) is 1. The number of hydrogen-bond acceptors (Lipinski definition) is 6. The number of Topliss-reactive ketones (excluding diaryl/α,β-unsaturated/α-hetero) is 1. The third-order valence-electron chi connectivity index (χ3n) is 4.77. The number of carbonyl (C=O) groups is 2. The van der Waals surface area contributed by atoms with Crippen LogP contribution in [0.15, 0.2) is 71.2 Å². The minimum absolute atomic E-state index is 0.0116. The van der Waals surface area contributed by atoms with Gasteiger partial charge in [0.25, 0.3) is 0 Å². The molecule has 0 saturated heterocycles. The highest BCUT2D eigenvalue weighted by molar-refractivity contribution is 7.99. The maximum atomic E-state index is 12.8. The van der Waals surface area contributed by atoms with E-state index < -0.39 is 0 Å². The molecule has 0 atom stereocenters. The molecule has 3 heterocycles. The fourth-order valence-corrected chi connectivity index (χ4v) is 4.90. The van der Waals surface area contributed by atoms with E-state index in [4.69, 9.17) is 0 Å². The van der Waals surface area contributed by atoms with Gasteiger partial charge in [-0.2, -0.15) is 0 Å². The van der Waals surface area contributed by atoms with Crippen LogP contribution in [0.1, 0.15) is 15.9 Å². The molecule has 8 heteroatoms. The van der Waals surface area contributed by atoms with Crippen molar-refractivity contribution in [2.45, 2.75) is 11.6 Å². The van der Waals surface area contributed by atoms with Crippen LogP contribution >= 0.6 is 23.1 Å². The molecular formula is C22H16N4O2S2. The van der Waals surface area contributed by atoms with Crippen molar-refractivity contribution in [2.75, 3.05) is 11.1 Å². The molecule has 148 valence electrons. The predicted octanol–water partition coefficient (Wildman–Crippen LogP) is 4.47. The lowest BCUT2D eigenvalue weighted by atomic mass is 10.1. The first-order valence-corrected chi connectivity index (χ1v) is 11.2. The summed E-state index contributed by atoms with van der Waals surface area (Å²) in [5, 5.41) is 14.2. The fraction of sp³-hybridized carbons (Fsp3) is 0.0909. The summed E-state index contributed by atoms with van der Waals surface area (Å²) in [6, 6.07) is 19.2. The summed E-state index contributed by atoms with van der Waals surface area (Å²) in [5.74, 6) is 0.937. The molecular weight excluding hydrogens is 416 g/mol. The van der Waals surface area contributed by atoms with Crippen LogP contribution in [0.25, 0.3) is 16.4 Å². The Hall–Kier alpha value is -3.23. The van der Waals surface area contributed by atoms with Crippen LogP contribution in [-0.2, 0) is 11.2 Å². The maximum absolute atomic E-state index is 12.8. The minimum Gasteiger partial charge on any atom is -0.326 e. The van der Waals surface area contributed by atoms with Crippen molar-refractivity contribution in [2.24, 2.45) is 0 Å². The second kappa shape index (κ2) is 7.89. The number of hydrogen-bond donors (Lipinski definition) is 1. The van der Waals surface area contributed by atoms with E-state index in [9.17, 15) is 9.59 Å². The largest absolute Gasteiger partial charge is 0.326 e. The number of anilines is 1. The van der Waals surface area contributed by atoms with Gasteiger partial charge in [0.2, 0.25) is 5.91 Å². The molecule has 0 aliphatic carbocycles. The number of para-hydroxylation sites is 1. The Balaban J connectivity index is 1.41. The van der Waals surface area contributed by atoms with E-state index in [1.54, 1.807) is 29.5 Å². The molecule has 4 aromatic rings. The van der Waals surface area contributed by atoms with Crippen molar-refractivity contribution in [1.29, 1.82) is 0 Å². The molecule has 1 aliphatic rings. The van der Waals surface area contributed by atoms with Crippen molar-refractivity contribution in [3.05, 3.63) is 77.2 Å². The first-order chi connectivity index (χ1) is 14.7. The van der Waals surface area contributed by atoms with Gasteiger partial charge in [-0.25, -0.2) is 0 Å². The molecule has 5 rings (SSSR count). The van der Waals surface area contributed by atoms with Gasteiger partial charge in [-0.1, -0.05) is 36.0 Å². The number of nitrogens with zero attached hydrogens (tertiary/aromatic N) is 3. The Kier molecular flexibility index (Phi) is 4.94. The molecule has 0 spiro atoms. The van der Waals surface area contributed by atoms with E-state index in [0.29, 0.717) is 17.1 Å². The first-order valence-electron chi connectivity index (χ1n) is 9.32. The molecule has 2 aromatic heterocycles. The standard InChI is InChI=1S/C22H16N4O2S2/c27-18(14-8-9-17-15(11-14)12-20(28)23-17)13-30-22-25-24-21(19-7-4-10-29-19)26(22)16-5-2-1-3-6-16/h1-11H,12-13H2,(H,23,28). The van der Waals surface area contributed by atoms with Gasteiger partial charge >= 0.3 is 0 Å². The number of thiophene rings is 1. The van der Waals surface area contributed by atoms with Crippen molar-refractivity contribution in [3.63, 3.8) is 0 Å². The third-order valence-corrected chi connectivity index (χ3v) is 6.57. The maximum Gasteiger partial charge on any atom is 0.228 e. The van der Waals surface area contributed by atoms with Crippen LogP contribution in [0.4, 0.5) is 5.69 Å². The number of aromatic nitrogens is 3. The third kappa shape index (κ3) is 3.55. The highest BCUT2D eigenvalue weighted by atomic mass is 32.2. The molecule has 0 fully saturated rings. The summed E-state index contributed by atoms with van der Waals surface area (Å²) >= 11 is 2.96. The van der Waals surface area contributed by atoms with Crippen molar-refractivity contribution in [3.8, 4) is 16.4 Å². The summed E-state index contributed by atoms with van der Waals surface area (Å²) in [6.07, 6.45) is 0.316. The summed E-state index contributed by atoms with van der Waals surface area (Å²) in [7, 11) is 0. The number of carbonyl (C=O) groups excluding carboxylic acids is 2. The lowest BCUT2D eigenvalue weighted by molar-refractivity contribution is -0.115. The van der Waals surface area contributed by atoms with Crippen LogP contribution in [0.3, 0.4) is 0 Å². The molecule has 0 unspecified atom stereocenters. The van der Waals surface area contributed by atoms with E-state index in [-0.39, 0.29) is 17.4 Å². The van der Waals surface area contributed by atoms with Gasteiger partial charge in [-0.15, -0.1) is 21.5 Å². The number of ketones is 1. The van der Waals surface area contributed by atoms with E-state index in [0.717, 1.165) is 27.6 Å². The topological polar surface area (TPSA) is 76.9 Å². The molecule has 2 aromatic carbocycles. The van der Waals surface area contributed by atoms with Gasteiger partial charge in [0.1, 0.15) is 0 Å². The average molecular weight is 433 g/mol. The quantitative estimate of drug-likeness (QED) is 0.359. The molecule has 1 aliphatic heterocycles. The average Bonchev–Trinajstić information content (AvgIpc) is 3.50. The van der Waals surface area contributed by atoms with Gasteiger partial charge in [0, 0.05) is 16.9 Å². The minimum atomic E-state index is -0.0407. The summed E-state index contributed by atoms with van der Waals surface area (Å²) in [6.45, 7) is 0. The summed E-state index contributed by atoms with van der Waals surface area (Å²) in [4.78, 5) is 25.4. The number of rotatable bonds is 6. The SMILES string of the molecule is O=C1Cc2cc(C(=O)CSc3nnc(-c4cccs4)n3-c3ccccc3)ccc2N1. The number of thioether (sulfide) groups is 1. The Morgan fingerprint density at radius 2 is 1.97 bits per heavy atom. The monoisotopic (exact) mass is 432 g/mol. The van der Waals surface area contributed by atoms with Crippen LogP contribution in [0, 0.1) is 0 Å². The van der Waals surface area contributed by atoms with Crippen LogP contribution < -0.4 is 5.32 Å². The van der Waals surface area contributed by atoms with E-state index in [1.165, 1.54) is 11.8 Å². The summed E-state index contributed by atoms with van der Waals surface area (Å²) < 4.78 is 1.98. The first kappa shape index (κ1) is 18.8. The van der Waals surface area contributed by atoms with Crippen LogP contribution in [0.5, 0.6) is 0 Å². The van der Waals surface area contributed by atoms with E-state index in [2.05, 4.69) is 15.5 Å². The zero-order chi connectivity index (χ0) is 20.5. The number of fused-ring (bicyclic) bond motifs is 1. The molecule has 0 saturated carbocycles. The molecule has 0 radical (unpaired) electrons. The zero-order valence-electron chi connectivity index (χ0n) is 15.7. The highest BCUT2D eigenvalue weighted by Crippen LogP contribution is 2.31. The zero-order valence-corrected chi connectivity index (χ0v) is 17.4. The van der Waals surface area contributed by atoms with Crippen molar-refractivity contribution in [1.82, 2.24) is 14.8 Å². The second-order valence-corrected chi connectivity index (χ2v) is 8.65. The Morgan fingerprint density at radius 3 is 2.77 bits per heavy atom. The van der Waals surface area contributed by atoms with E-state index in [1.807, 2.05) is 52.4 Å². The smallest absolute Gasteiger partial charge is 0.228 e. The molecule has 1 amide bonds. The van der Waals surface area contributed by atoms with E-state index >= 15 is 0 Å². The van der Waals surface area contributed by atoms with Gasteiger partial charge in [0.15, 0.2) is 16.8 Å². The predicted molar refractivity (Wildman–Crippen MR) is 119 cm³/mol. The van der Waals surface area contributed by atoms with Crippen molar-refractivity contribution >= 4 is 40.5 Å². The Labute approximate surface area is 181 Å². The summed E-state index contributed by atoms with van der Waals surface area (Å²) in [5.41, 5.74) is 3.20. The molecule has 0 bridgehead atoms. The van der Waals surface area contributed by atoms with Crippen LogP contribution in [-0.4, -0.2) is 32.2 Å². The number of benzene rings is 2.